The highest BCUT2D eigenvalue weighted by Crippen LogP contribution is 2.31. The van der Waals surface area contributed by atoms with Gasteiger partial charge < -0.3 is 19.7 Å². The molecule has 0 aliphatic carbocycles. The van der Waals surface area contributed by atoms with Gasteiger partial charge in [-0.15, -0.1) is 0 Å². The summed E-state index contributed by atoms with van der Waals surface area (Å²) in [7, 11) is 1.54. The molecule has 0 radical (unpaired) electrons. The average Bonchev–Trinajstić information content (AvgIpc) is 3.14. The maximum atomic E-state index is 12.4. The van der Waals surface area contributed by atoms with Crippen LogP contribution in [0.3, 0.4) is 0 Å². The lowest BCUT2D eigenvalue weighted by atomic mass is 10.1. The van der Waals surface area contributed by atoms with Crippen LogP contribution >= 0.6 is 27.5 Å². The fraction of sp³-hybridized carbons (Fsp3) is 0.286. The molecule has 1 N–H and O–H groups in total. The predicted octanol–water partition coefficient (Wildman–Crippen LogP) is 3.95. The highest BCUT2D eigenvalue weighted by molar-refractivity contribution is 9.10. The van der Waals surface area contributed by atoms with Crippen molar-refractivity contribution in [2.45, 2.75) is 13.3 Å². The van der Waals surface area contributed by atoms with Crippen LogP contribution in [-0.4, -0.2) is 38.0 Å². The van der Waals surface area contributed by atoms with Crippen LogP contribution in [-0.2, 0) is 19.1 Å². The van der Waals surface area contributed by atoms with Crippen molar-refractivity contribution in [1.82, 2.24) is 0 Å². The van der Waals surface area contributed by atoms with Crippen molar-refractivity contribution in [3.05, 3.63) is 51.5 Å². The number of hydrogen-bond donors (Lipinski definition) is 1. The maximum Gasteiger partial charge on any atom is 0.311 e. The Morgan fingerprint density at radius 1 is 1.30 bits per heavy atom. The van der Waals surface area contributed by atoms with Gasteiger partial charge >= 0.3 is 5.97 Å². The van der Waals surface area contributed by atoms with Gasteiger partial charge in [-0.3, -0.25) is 14.4 Å². The molecule has 0 aromatic heterocycles. The molecule has 1 aliphatic heterocycles. The Bertz CT molecular complexity index is 997. The Morgan fingerprint density at radius 2 is 2.07 bits per heavy atom. The van der Waals surface area contributed by atoms with Gasteiger partial charge in [0.2, 0.25) is 5.91 Å². The average molecular weight is 496 g/mol. The summed E-state index contributed by atoms with van der Waals surface area (Å²) in [6, 6.07) is 10.5. The third-order valence-electron chi connectivity index (χ3n) is 4.78. The van der Waals surface area contributed by atoms with Gasteiger partial charge in [0.25, 0.3) is 5.91 Å². The number of ether oxygens (including phenoxy) is 2. The van der Waals surface area contributed by atoms with Crippen LogP contribution in [0.5, 0.6) is 5.75 Å². The molecule has 2 aromatic carbocycles. The van der Waals surface area contributed by atoms with Crippen LogP contribution in [0.1, 0.15) is 12.0 Å². The van der Waals surface area contributed by atoms with Crippen molar-refractivity contribution in [1.29, 1.82) is 0 Å². The zero-order valence-electron chi connectivity index (χ0n) is 16.4. The standard InChI is InChI=1S/C21H20BrClN2O5/c1-12-17(7-6-16(22)20(12)23)24-18(26)11-30-21(28)13-8-19(27)25(10-13)14-4-3-5-15(9-14)29-2/h3-7,9,13H,8,10-11H2,1-2H3,(H,24,26)/t13-/m1/s1. The molecule has 30 heavy (non-hydrogen) atoms. The molecule has 7 nitrogen and oxygen atoms in total. The predicted molar refractivity (Wildman–Crippen MR) is 117 cm³/mol. The van der Waals surface area contributed by atoms with Crippen molar-refractivity contribution in [2.24, 2.45) is 5.92 Å². The molecule has 0 bridgehead atoms. The van der Waals surface area contributed by atoms with Crippen molar-refractivity contribution in [3.63, 3.8) is 0 Å². The summed E-state index contributed by atoms with van der Waals surface area (Å²) in [5.41, 5.74) is 1.88. The van der Waals surface area contributed by atoms with Crippen molar-refractivity contribution >= 4 is 56.7 Å². The lowest BCUT2D eigenvalue weighted by molar-refractivity contribution is -0.151. The fourth-order valence-electron chi connectivity index (χ4n) is 3.12. The van der Waals surface area contributed by atoms with E-state index in [2.05, 4.69) is 21.2 Å². The first-order chi connectivity index (χ1) is 14.3. The Morgan fingerprint density at radius 3 is 2.80 bits per heavy atom. The van der Waals surface area contributed by atoms with E-state index in [-0.39, 0.29) is 18.9 Å². The molecule has 1 saturated heterocycles. The zero-order valence-corrected chi connectivity index (χ0v) is 18.7. The molecule has 1 aliphatic rings. The summed E-state index contributed by atoms with van der Waals surface area (Å²) in [4.78, 5) is 38.4. The summed E-state index contributed by atoms with van der Waals surface area (Å²) in [5.74, 6) is -1.28. The van der Waals surface area contributed by atoms with Crippen LogP contribution in [0.15, 0.2) is 40.9 Å². The first kappa shape index (κ1) is 22.1. The summed E-state index contributed by atoms with van der Waals surface area (Å²) in [6.07, 6.45) is 0.0269. The monoisotopic (exact) mass is 494 g/mol. The van der Waals surface area contributed by atoms with Gasteiger partial charge in [0, 0.05) is 34.9 Å². The molecule has 1 fully saturated rings. The normalized spacial score (nSPS) is 15.8. The lowest BCUT2D eigenvalue weighted by Crippen LogP contribution is -2.28. The number of rotatable bonds is 6. The number of esters is 1. The number of nitrogens with one attached hydrogen (secondary N) is 1. The van der Waals surface area contributed by atoms with E-state index in [4.69, 9.17) is 21.1 Å². The number of nitrogens with zero attached hydrogens (tertiary/aromatic N) is 1. The summed E-state index contributed by atoms with van der Waals surface area (Å²) in [5, 5.41) is 3.16. The number of methoxy groups -OCH3 is 1. The molecule has 158 valence electrons. The smallest absolute Gasteiger partial charge is 0.311 e. The van der Waals surface area contributed by atoms with Crippen LogP contribution in [0.2, 0.25) is 5.02 Å². The van der Waals surface area contributed by atoms with Crippen LogP contribution in [0.25, 0.3) is 0 Å². The molecule has 9 heteroatoms. The second kappa shape index (κ2) is 9.49. The van der Waals surface area contributed by atoms with Gasteiger partial charge in [-0.05, 0) is 52.7 Å². The first-order valence-corrected chi connectivity index (χ1v) is 10.3. The van der Waals surface area contributed by atoms with Crippen LogP contribution in [0.4, 0.5) is 11.4 Å². The third kappa shape index (κ3) is 4.94. The second-order valence-electron chi connectivity index (χ2n) is 6.80. The molecule has 2 amide bonds. The van der Waals surface area contributed by atoms with Gasteiger partial charge in [-0.1, -0.05) is 17.7 Å². The number of benzene rings is 2. The Labute approximate surface area is 187 Å². The third-order valence-corrected chi connectivity index (χ3v) is 6.16. The van der Waals surface area contributed by atoms with Gasteiger partial charge in [0.05, 0.1) is 18.1 Å². The molecule has 0 spiro atoms. The number of carbonyl (C=O) groups is 3. The number of anilines is 2. The first-order valence-electron chi connectivity index (χ1n) is 9.15. The lowest BCUT2D eigenvalue weighted by Gasteiger charge is -2.17. The molecular formula is C21H20BrClN2O5. The summed E-state index contributed by atoms with van der Waals surface area (Å²) < 4.78 is 11.0. The molecule has 2 aromatic rings. The van der Waals surface area contributed by atoms with E-state index in [0.29, 0.717) is 27.7 Å². The number of carbonyl (C=O) groups excluding carboxylic acids is 3. The number of halogens is 2. The van der Waals surface area contributed by atoms with E-state index in [0.717, 1.165) is 4.47 Å². The van der Waals surface area contributed by atoms with E-state index in [9.17, 15) is 14.4 Å². The van der Waals surface area contributed by atoms with Gasteiger partial charge in [0.15, 0.2) is 6.61 Å². The van der Waals surface area contributed by atoms with Crippen LogP contribution < -0.4 is 15.0 Å². The molecule has 1 atom stereocenters. The molecule has 3 rings (SSSR count). The van der Waals surface area contributed by atoms with E-state index in [1.165, 1.54) is 4.90 Å². The zero-order chi connectivity index (χ0) is 21.8. The van der Waals surface area contributed by atoms with Gasteiger partial charge in [-0.25, -0.2) is 0 Å². The maximum absolute atomic E-state index is 12.4. The second-order valence-corrected chi connectivity index (χ2v) is 8.03. The van der Waals surface area contributed by atoms with E-state index in [1.807, 2.05) is 0 Å². The van der Waals surface area contributed by atoms with Crippen molar-refractivity contribution in [2.75, 3.05) is 30.5 Å². The Hall–Kier alpha value is -2.58. The number of amides is 2. The summed E-state index contributed by atoms with van der Waals surface area (Å²) in [6.45, 7) is 1.51. The molecule has 1 heterocycles. The number of hydrogen-bond acceptors (Lipinski definition) is 5. The van der Waals surface area contributed by atoms with E-state index in [1.54, 1.807) is 50.4 Å². The quantitative estimate of drug-likeness (QED) is 0.613. The fourth-order valence-corrected chi connectivity index (χ4v) is 3.72. The van der Waals surface area contributed by atoms with E-state index < -0.39 is 24.4 Å². The highest BCUT2D eigenvalue weighted by Gasteiger charge is 2.36. The minimum atomic E-state index is -0.639. The van der Waals surface area contributed by atoms with Gasteiger partial charge in [-0.2, -0.15) is 0 Å². The topological polar surface area (TPSA) is 84.9 Å². The molecule has 0 unspecified atom stereocenters. The van der Waals surface area contributed by atoms with Crippen LogP contribution in [0, 0.1) is 12.8 Å². The minimum Gasteiger partial charge on any atom is -0.497 e. The molecule has 0 saturated carbocycles. The van der Waals surface area contributed by atoms with Gasteiger partial charge in [0.1, 0.15) is 5.75 Å². The van der Waals surface area contributed by atoms with Crippen molar-refractivity contribution < 1.29 is 23.9 Å². The highest BCUT2D eigenvalue weighted by atomic mass is 79.9. The minimum absolute atomic E-state index is 0.0269. The molecular weight excluding hydrogens is 476 g/mol. The van der Waals surface area contributed by atoms with E-state index >= 15 is 0 Å². The Balaban J connectivity index is 1.56. The van der Waals surface area contributed by atoms with Crippen molar-refractivity contribution in [3.8, 4) is 5.75 Å². The largest absolute Gasteiger partial charge is 0.497 e. The summed E-state index contributed by atoms with van der Waals surface area (Å²) >= 11 is 9.46. The SMILES string of the molecule is COc1cccc(N2C[C@H](C(=O)OCC(=O)Nc3ccc(Br)c(Cl)c3C)CC2=O)c1. The Kier molecular flexibility index (Phi) is 6.99.